The topological polar surface area (TPSA) is 72.5 Å². The third-order valence-electron chi connectivity index (χ3n) is 2.37. The zero-order valence-electron chi connectivity index (χ0n) is 10.9. The fraction of sp³-hybridized carbons (Fsp3) is 0.417. The summed E-state index contributed by atoms with van der Waals surface area (Å²) < 4.78 is 39.8. The summed E-state index contributed by atoms with van der Waals surface area (Å²) in [5.41, 5.74) is 0.0485. The average Bonchev–Trinajstić information content (AvgIpc) is 2.38. The first kappa shape index (κ1) is 16.7. The van der Waals surface area contributed by atoms with Crippen molar-refractivity contribution in [3.8, 4) is 5.75 Å². The highest BCUT2D eigenvalue weighted by molar-refractivity contribution is 8.13. The van der Waals surface area contributed by atoms with Crippen molar-refractivity contribution in [1.29, 1.82) is 0 Å². The highest BCUT2D eigenvalue weighted by Gasteiger charge is 2.18. The highest BCUT2D eigenvalue weighted by Crippen LogP contribution is 2.24. The van der Waals surface area contributed by atoms with E-state index in [1.807, 2.05) is 0 Å². The summed E-state index contributed by atoms with van der Waals surface area (Å²) in [6.07, 6.45) is 0.184. The molecule has 5 nitrogen and oxygen atoms in total. The molecule has 0 fully saturated rings. The van der Waals surface area contributed by atoms with Gasteiger partial charge in [-0.3, -0.25) is 9.18 Å². The van der Waals surface area contributed by atoms with Gasteiger partial charge in [0.15, 0.2) is 0 Å². The second kappa shape index (κ2) is 7.44. The third-order valence-corrected chi connectivity index (χ3v) is 3.72. The Kier molecular flexibility index (Phi) is 6.22. The van der Waals surface area contributed by atoms with Crippen molar-refractivity contribution in [2.24, 2.45) is 0 Å². The Morgan fingerprint density at radius 1 is 1.45 bits per heavy atom. The van der Waals surface area contributed by atoms with E-state index in [2.05, 4.69) is 5.32 Å². The molecule has 0 spiro atoms. The van der Waals surface area contributed by atoms with Gasteiger partial charge in [0.05, 0.1) is 23.7 Å². The van der Waals surface area contributed by atoms with Gasteiger partial charge in [-0.25, -0.2) is 8.42 Å². The second-order valence-corrected chi connectivity index (χ2v) is 6.39. The van der Waals surface area contributed by atoms with Crippen LogP contribution in [0.2, 0.25) is 0 Å². The molecule has 0 aliphatic carbocycles. The first-order valence-electron chi connectivity index (χ1n) is 5.95. The van der Waals surface area contributed by atoms with Crippen LogP contribution in [-0.4, -0.2) is 34.2 Å². The Hall–Kier alpha value is -1.34. The Morgan fingerprint density at radius 3 is 2.70 bits per heavy atom. The van der Waals surface area contributed by atoms with Crippen LogP contribution in [0.4, 0.5) is 4.39 Å². The number of carbonyl (C=O) groups is 1. The van der Waals surface area contributed by atoms with Gasteiger partial charge in [-0.05, 0) is 31.5 Å². The maximum absolute atomic E-state index is 12.0. The summed E-state index contributed by atoms with van der Waals surface area (Å²) in [4.78, 5) is 11.7. The molecule has 0 unspecified atom stereocenters. The summed E-state index contributed by atoms with van der Waals surface area (Å²) in [5, 5.41) is 2.48. The largest absolute Gasteiger partial charge is 0.493 e. The van der Waals surface area contributed by atoms with Gasteiger partial charge in [0, 0.05) is 17.2 Å². The Morgan fingerprint density at radius 2 is 2.15 bits per heavy atom. The van der Waals surface area contributed by atoms with Crippen LogP contribution in [0.15, 0.2) is 23.1 Å². The lowest BCUT2D eigenvalue weighted by molar-refractivity contribution is 0.0948. The minimum Gasteiger partial charge on any atom is -0.493 e. The fourth-order valence-corrected chi connectivity index (χ4v) is 2.26. The van der Waals surface area contributed by atoms with E-state index in [0.29, 0.717) is 6.61 Å². The second-order valence-electron chi connectivity index (χ2n) is 3.83. The molecule has 8 heteroatoms. The van der Waals surface area contributed by atoms with Gasteiger partial charge in [-0.15, -0.1) is 0 Å². The van der Waals surface area contributed by atoms with Gasteiger partial charge in [-0.1, -0.05) is 0 Å². The van der Waals surface area contributed by atoms with E-state index >= 15 is 0 Å². The number of benzene rings is 1. The first-order valence-corrected chi connectivity index (χ1v) is 8.26. The van der Waals surface area contributed by atoms with Crippen molar-refractivity contribution in [3.63, 3.8) is 0 Å². The maximum atomic E-state index is 12.0. The lowest BCUT2D eigenvalue weighted by Crippen LogP contribution is -2.25. The van der Waals surface area contributed by atoms with Crippen molar-refractivity contribution < 1.29 is 22.3 Å². The van der Waals surface area contributed by atoms with Gasteiger partial charge in [0.25, 0.3) is 15.0 Å². The minimum absolute atomic E-state index is 0.0485. The first-order chi connectivity index (χ1) is 9.40. The summed E-state index contributed by atoms with van der Waals surface area (Å²) in [6.45, 7) is 1.65. The molecule has 112 valence electrons. The van der Waals surface area contributed by atoms with Crippen LogP contribution in [0.1, 0.15) is 23.7 Å². The molecule has 1 aromatic rings. The minimum atomic E-state index is -3.94. The molecule has 0 bridgehead atoms. The number of nitrogens with one attached hydrogen (secondary N) is 1. The van der Waals surface area contributed by atoms with Gasteiger partial charge in [0.1, 0.15) is 5.75 Å². The van der Waals surface area contributed by atoms with E-state index in [-0.39, 0.29) is 29.2 Å². The van der Waals surface area contributed by atoms with Gasteiger partial charge >= 0.3 is 0 Å². The van der Waals surface area contributed by atoms with Crippen LogP contribution in [0.3, 0.4) is 0 Å². The van der Waals surface area contributed by atoms with Crippen LogP contribution < -0.4 is 10.1 Å². The predicted octanol–water partition coefficient (Wildman–Crippen LogP) is 2.10. The highest BCUT2D eigenvalue weighted by atomic mass is 35.7. The van der Waals surface area contributed by atoms with E-state index in [4.69, 9.17) is 15.4 Å². The standard InChI is InChI=1S/C12H15ClFNO4S/c1-2-19-11-5-4-9(20(13,17)18)8-10(11)12(16)15-7-3-6-14/h4-5,8H,2-3,6-7H2,1H3,(H,15,16). The summed E-state index contributed by atoms with van der Waals surface area (Å²) in [6, 6.07) is 3.76. The number of ether oxygens (including phenoxy) is 1. The molecular weight excluding hydrogens is 309 g/mol. The Labute approximate surface area is 121 Å². The maximum Gasteiger partial charge on any atom is 0.261 e. The van der Waals surface area contributed by atoms with Gasteiger partial charge < -0.3 is 10.1 Å². The lowest BCUT2D eigenvalue weighted by atomic mass is 10.2. The van der Waals surface area contributed by atoms with E-state index in [9.17, 15) is 17.6 Å². The quantitative estimate of drug-likeness (QED) is 0.616. The molecule has 1 N–H and O–H groups in total. The van der Waals surface area contributed by atoms with Crippen molar-refractivity contribution in [3.05, 3.63) is 23.8 Å². The zero-order chi connectivity index (χ0) is 15.2. The average molecular weight is 324 g/mol. The van der Waals surface area contributed by atoms with Crippen molar-refractivity contribution in [2.45, 2.75) is 18.2 Å². The van der Waals surface area contributed by atoms with E-state index in [1.54, 1.807) is 6.92 Å². The number of alkyl halides is 1. The number of hydrogen-bond donors (Lipinski definition) is 1. The Balaban J connectivity index is 3.08. The molecule has 0 aliphatic rings. The summed E-state index contributed by atoms with van der Waals surface area (Å²) in [5.74, 6) is -0.293. The van der Waals surface area contributed by atoms with Crippen LogP contribution in [0, 0.1) is 0 Å². The molecule has 0 saturated heterocycles. The number of halogens is 2. The smallest absolute Gasteiger partial charge is 0.261 e. The van der Waals surface area contributed by atoms with E-state index in [0.717, 1.165) is 6.07 Å². The molecule has 0 saturated carbocycles. The molecular formula is C12H15ClFNO4S. The van der Waals surface area contributed by atoms with Crippen LogP contribution in [0.5, 0.6) is 5.75 Å². The molecule has 1 rings (SSSR count). The predicted molar refractivity (Wildman–Crippen MR) is 73.6 cm³/mol. The fourth-order valence-electron chi connectivity index (χ4n) is 1.48. The molecule has 0 aliphatic heterocycles. The lowest BCUT2D eigenvalue weighted by Gasteiger charge is -2.11. The SMILES string of the molecule is CCOc1ccc(S(=O)(=O)Cl)cc1C(=O)NCCCF. The number of amides is 1. The van der Waals surface area contributed by atoms with E-state index in [1.165, 1.54) is 12.1 Å². The summed E-state index contributed by atoms with van der Waals surface area (Å²) >= 11 is 0. The Bertz CT molecular complexity index is 577. The van der Waals surface area contributed by atoms with Gasteiger partial charge in [0.2, 0.25) is 0 Å². The summed E-state index contributed by atoms with van der Waals surface area (Å²) in [7, 11) is 1.30. The molecule has 1 amide bonds. The molecule has 0 atom stereocenters. The van der Waals surface area contributed by atoms with Crippen LogP contribution in [0.25, 0.3) is 0 Å². The van der Waals surface area contributed by atoms with Crippen molar-refractivity contribution in [2.75, 3.05) is 19.8 Å². The molecule has 20 heavy (non-hydrogen) atoms. The molecule has 0 aromatic heterocycles. The van der Waals surface area contributed by atoms with Crippen molar-refractivity contribution in [1.82, 2.24) is 5.32 Å². The van der Waals surface area contributed by atoms with E-state index < -0.39 is 21.6 Å². The number of rotatable bonds is 7. The monoisotopic (exact) mass is 323 g/mol. The normalized spacial score (nSPS) is 11.2. The van der Waals surface area contributed by atoms with Crippen molar-refractivity contribution >= 4 is 25.6 Å². The third kappa shape index (κ3) is 4.64. The number of hydrogen-bond acceptors (Lipinski definition) is 4. The van der Waals surface area contributed by atoms with Crippen LogP contribution in [-0.2, 0) is 9.05 Å². The molecule has 0 radical (unpaired) electrons. The zero-order valence-corrected chi connectivity index (χ0v) is 12.4. The number of carbonyl (C=O) groups excluding carboxylic acids is 1. The molecule has 1 aromatic carbocycles. The van der Waals surface area contributed by atoms with Gasteiger partial charge in [-0.2, -0.15) is 0 Å². The van der Waals surface area contributed by atoms with Crippen LogP contribution >= 0.6 is 10.7 Å². The molecule has 0 heterocycles.